The van der Waals surface area contributed by atoms with Crippen LogP contribution >= 0.6 is 11.6 Å². The Morgan fingerprint density at radius 1 is 1.05 bits per heavy atom. The molecule has 10 heteroatoms. The van der Waals surface area contributed by atoms with Gasteiger partial charge >= 0.3 is 5.97 Å². The first kappa shape index (κ1) is 31.2. The van der Waals surface area contributed by atoms with Crippen molar-refractivity contribution in [3.8, 4) is 5.75 Å². The number of likely N-dealkylation sites (tertiary alicyclic amines) is 1. The molecule has 1 aliphatic rings. The first-order valence-electron chi connectivity index (χ1n) is 13.8. The van der Waals surface area contributed by atoms with Crippen LogP contribution < -0.4 is 5.73 Å². The molecule has 1 atom stereocenters. The Morgan fingerprint density at radius 3 is 2.36 bits per heavy atom. The molecule has 0 aliphatic carbocycles. The number of aromatic amines is 1. The number of carboxylic acids is 1. The van der Waals surface area contributed by atoms with Gasteiger partial charge in [-0.2, -0.15) is 0 Å². The topological polar surface area (TPSA) is 140 Å². The van der Waals surface area contributed by atoms with Crippen molar-refractivity contribution in [1.29, 1.82) is 0 Å². The number of rotatable bonds is 9. The number of H-pyrrole nitrogens is 1. The van der Waals surface area contributed by atoms with E-state index in [1.165, 1.54) is 24.3 Å². The van der Waals surface area contributed by atoms with Gasteiger partial charge in [0.15, 0.2) is 5.78 Å². The summed E-state index contributed by atoms with van der Waals surface area (Å²) in [5.41, 5.74) is 7.77. The molecule has 8 nitrogen and oxygen atoms in total. The summed E-state index contributed by atoms with van der Waals surface area (Å²) in [7, 11) is 0. The zero-order valence-electron chi connectivity index (χ0n) is 23.1. The van der Waals surface area contributed by atoms with Crippen molar-refractivity contribution < 1.29 is 29.3 Å². The number of Topliss-reactive ketones (excluding diaryl/α,β-unsaturated/α-hetero) is 1. The van der Waals surface area contributed by atoms with Gasteiger partial charge < -0.3 is 30.9 Å². The number of ketones is 1. The van der Waals surface area contributed by atoms with Gasteiger partial charge in [-0.05, 0) is 91.5 Å². The molecule has 2 heterocycles. The van der Waals surface area contributed by atoms with Crippen molar-refractivity contribution in [2.45, 2.75) is 43.7 Å². The van der Waals surface area contributed by atoms with Gasteiger partial charge in [-0.3, -0.25) is 9.59 Å². The maximum Gasteiger partial charge on any atom is 0.320 e. The van der Waals surface area contributed by atoms with Gasteiger partial charge in [-0.1, -0.05) is 23.7 Å². The van der Waals surface area contributed by atoms with Crippen LogP contribution in [0.5, 0.6) is 5.75 Å². The van der Waals surface area contributed by atoms with Crippen LogP contribution in [-0.2, 0) is 16.8 Å². The summed E-state index contributed by atoms with van der Waals surface area (Å²) in [4.78, 5) is 28.0. The Morgan fingerprint density at radius 2 is 1.71 bits per heavy atom. The second-order valence-corrected chi connectivity index (χ2v) is 11.0. The molecular weight excluding hydrogens is 561 g/mol. The molecule has 6 N–H and O–H groups in total. The van der Waals surface area contributed by atoms with Crippen LogP contribution in [-0.4, -0.2) is 62.6 Å². The monoisotopic (exact) mass is 595 g/mol. The number of carboxylic acid groups (broad SMARTS) is 1. The first-order valence-corrected chi connectivity index (χ1v) is 14.2. The summed E-state index contributed by atoms with van der Waals surface area (Å²) in [5.74, 6) is -1.17. The van der Waals surface area contributed by atoms with Gasteiger partial charge in [0.05, 0.1) is 5.60 Å². The van der Waals surface area contributed by atoms with E-state index in [0.29, 0.717) is 29.8 Å². The predicted octanol–water partition coefficient (Wildman–Crippen LogP) is 5.25. The van der Waals surface area contributed by atoms with E-state index in [2.05, 4.69) is 9.88 Å². The molecule has 0 radical (unpaired) electrons. The number of piperidine rings is 1. The molecule has 1 saturated heterocycles. The van der Waals surface area contributed by atoms with E-state index in [1.807, 2.05) is 24.3 Å². The summed E-state index contributed by atoms with van der Waals surface area (Å²) in [5, 5.41) is 30.4. The Labute approximate surface area is 248 Å². The number of aromatic nitrogens is 1. The van der Waals surface area contributed by atoms with Gasteiger partial charge in [0.2, 0.25) is 0 Å². The van der Waals surface area contributed by atoms with Crippen LogP contribution in [0.2, 0.25) is 5.02 Å². The number of carbonyl (C=O) groups is 2. The fraction of sp³-hybridized carbons (Fsp3) is 0.312. The van der Waals surface area contributed by atoms with Crippen molar-refractivity contribution in [3.63, 3.8) is 0 Å². The lowest BCUT2D eigenvalue weighted by Crippen LogP contribution is -2.42. The molecule has 0 unspecified atom stereocenters. The number of fused-ring (bicyclic) bond motifs is 1. The zero-order chi connectivity index (χ0) is 30.3. The van der Waals surface area contributed by atoms with Crippen molar-refractivity contribution in [2.24, 2.45) is 5.73 Å². The fourth-order valence-corrected chi connectivity index (χ4v) is 5.22. The third kappa shape index (κ3) is 8.17. The van der Waals surface area contributed by atoms with Crippen LogP contribution in [0.4, 0.5) is 4.39 Å². The number of nitrogens with zero attached hydrogens (tertiary/aromatic N) is 1. The Balaban J connectivity index is 0.000000216. The lowest BCUT2D eigenvalue weighted by Gasteiger charge is -2.38. The number of phenolic OH excluding ortho intramolecular Hbond substituents is 1. The third-order valence-electron chi connectivity index (χ3n) is 7.62. The van der Waals surface area contributed by atoms with E-state index in [1.54, 1.807) is 24.4 Å². The minimum absolute atomic E-state index is 0.0414. The number of hydrogen-bond donors (Lipinski definition) is 5. The van der Waals surface area contributed by atoms with Crippen LogP contribution in [0.25, 0.3) is 10.9 Å². The molecule has 3 aromatic carbocycles. The van der Waals surface area contributed by atoms with Gasteiger partial charge in [0.25, 0.3) is 0 Å². The zero-order valence-corrected chi connectivity index (χ0v) is 23.9. The molecule has 42 heavy (non-hydrogen) atoms. The van der Waals surface area contributed by atoms with Gasteiger partial charge in [-0.15, -0.1) is 0 Å². The highest BCUT2D eigenvalue weighted by molar-refractivity contribution is 6.30. The van der Waals surface area contributed by atoms with Gasteiger partial charge in [0.1, 0.15) is 17.6 Å². The number of nitrogens with one attached hydrogen (secondary N) is 1. The highest BCUT2D eigenvalue weighted by Crippen LogP contribution is 2.33. The molecule has 1 aliphatic heterocycles. The van der Waals surface area contributed by atoms with Crippen LogP contribution in [0.1, 0.15) is 47.2 Å². The number of aliphatic carboxylic acids is 1. The Bertz CT molecular complexity index is 1500. The van der Waals surface area contributed by atoms with Crippen molar-refractivity contribution in [2.75, 3.05) is 19.6 Å². The first-order chi connectivity index (χ1) is 20.0. The van der Waals surface area contributed by atoms with Crippen molar-refractivity contribution in [3.05, 3.63) is 100 Å². The lowest BCUT2D eigenvalue weighted by atomic mass is 9.84. The minimum atomic E-state index is -1.03. The summed E-state index contributed by atoms with van der Waals surface area (Å²) in [6, 6.07) is 17.1. The molecule has 0 bridgehead atoms. The maximum atomic E-state index is 12.9. The summed E-state index contributed by atoms with van der Waals surface area (Å²) in [6.45, 7) is 2.41. The van der Waals surface area contributed by atoms with E-state index in [-0.39, 0.29) is 23.8 Å². The van der Waals surface area contributed by atoms with Crippen LogP contribution in [0.3, 0.4) is 0 Å². The maximum absolute atomic E-state index is 12.9. The molecule has 0 saturated carbocycles. The molecule has 1 aromatic heterocycles. The Hall–Kier alpha value is -3.76. The highest BCUT2D eigenvalue weighted by atomic mass is 35.5. The molecule has 4 aromatic rings. The van der Waals surface area contributed by atoms with E-state index in [4.69, 9.17) is 22.4 Å². The van der Waals surface area contributed by atoms with Crippen molar-refractivity contribution >= 4 is 34.3 Å². The predicted molar refractivity (Wildman–Crippen MR) is 160 cm³/mol. The lowest BCUT2D eigenvalue weighted by molar-refractivity contribution is -0.138. The number of phenols is 1. The fourth-order valence-electron chi connectivity index (χ4n) is 5.10. The number of hydrogen-bond acceptors (Lipinski definition) is 6. The SMILES string of the molecule is N[C@@H](Cc1c[nH]c2ccc(O)cc12)C(=O)O.O=C(CCCN1CCC(O)(c2ccc(Cl)cc2)CC1)c1ccc(F)cc1. The molecule has 0 amide bonds. The largest absolute Gasteiger partial charge is 0.508 e. The quantitative estimate of drug-likeness (QED) is 0.166. The third-order valence-corrected chi connectivity index (χ3v) is 7.87. The smallest absolute Gasteiger partial charge is 0.320 e. The number of halogens is 2. The van der Waals surface area contributed by atoms with Gasteiger partial charge in [-0.25, -0.2) is 4.39 Å². The summed E-state index contributed by atoms with van der Waals surface area (Å²) in [6.07, 6.45) is 4.49. The molecule has 1 fully saturated rings. The van der Waals surface area contributed by atoms with E-state index >= 15 is 0 Å². The van der Waals surface area contributed by atoms with E-state index in [9.17, 15) is 24.2 Å². The number of benzene rings is 3. The summed E-state index contributed by atoms with van der Waals surface area (Å²) < 4.78 is 12.9. The molecule has 5 rings (SSSR count). The van der Waals surface area contributed by atoms with E-state index < -0.39 is 17.6 Å². The summed E-state index contributed by atoms with van der Waals surface area (Å²) >= 11 is 5.92. The Kier molecular flexibility index (Phi) is 10.3. The van der Waals surface area contributed by atoms with Crippen molar-refractivity contribution in [1.82, 2.24) is 9.88 Å². The number of carbonyl (C=O) groups excluding carboxylic acids is 1. The second kappa shape index (κ2) is 13.9. The molecule has 222 valence electrons. The van der Waals surface area contributed by atoms with Crippen LogP contribution in [0, 0.1) is 5.82 Å². The second-order valence-electron chi connectivity index (χ2n) is 10.6. The highest BCUT2D eigenvalue weighted by Gasteiger charge is 2.33. The number of aromatic hydroxyl groups is 1. The molecular formula is C32H35ClFN3O5. The molecule has 0 spiro atoms. The normalized spacial score (nSPS) is 15.5. The van der Waals surface area contributed by atoms with Crippen LogP contribution in [0.15, 0.2) is 72.9 Å². The standard InChI is InChI=1S/C21H23ClFNO2.C11H12N2O3/c22-18-7-5-17(6-8-18)21(26)11-14-24(15-12-21)13-1-2-20(25)16-3-9-19(23)10-4-16;12-9(11(15)16)3-6-5-13-10-2-1-7(14)4-8(6)10/h3-10,26H,1-2,11-15H2;1-2,4-5,9,13-14H,3,12H2,(H,15,16)/t;9-/m.0/s1. The average molecular weight is 596 g/mol. The average Bonchev–Trinajstić information content (AvgIpc) is 3.36. The number of nitrogens with two attached hydrogens (primary N) is 1. The number of aliphatic hydroxyl groups is 1. The van der Waals surface area contributed by atoms with E-state index in [0.717, 1.165) is 48.1 Å². The van der Waals surface area contributed by atoms with Gasteiger partial charge in [0, 0.05) is 53.6 Å². The minimum Gasteiger partial charge on any atom is -0.508 e.